The van der Waals surface area contributed by atoms with Gasteiger partial charge < -0.3 is 19.5 Å². The number of hydrogen-bond donors (Lipinski definition) is 1. The summed E-state index contributed by atoms with van der Waals surface area (Å²) in [5.41, 5.74) is 2.17. The van der Waals surface area contributed by atoms with E-state index in [1.165, 1.54) is 7.11 Å². The highest BCUT2D eigenvalue weighted by Crippen LogP contribution is 2.28. The fourth-order valence-corrected chi connectivity index (χ4v) is 2.52. The van der Waals surface area contributed by atoms with Gasteiger partial charge in [-0.05, 0) is 54.8 Å². The van der Waals surface area contributed by atoms with E-state index in [9.17, 15) is 9.59 Å². The maximum Gasteiger partial charge on any atom is 0.337 e. The maximum absolute atomic E-state index is 12.1. The Hall–Kier alpha value is -3.02. The van der Waals surface area contributed by atoms with Crippen LogP contribution < -0.4 is 14.8 Å². The van der Waals surface area contributed by atoms with Gasteiger partial charge in [-0.2, -0.15) is 0 Å². The van der Waals surface area contributed by atoms with E-state index in [1.54, 1.807) is 38.5 Å². The maximum atomic E-state index is 12.1. The Bertz CT molecular complexity index is 755. The number of aryl methyl sites for hydroxylation is 1. The molecule has 2 rings (SSSR count). The molecule has 1 N–H and O–H groups in total. The highest BCUT2D eigenvalue weighted by atomic mass is 16.5. The standard InChI is InChI=1S/C20H23NO5/c1-24-17-12-7-14(13-18(17)25-2)5-4-6-19(22)21-16-10-8-15(9-11-16)20(23)26-3/h7-13H,4-6H2,1-3H3,(H,21,22). The minimum absolute atomic E-state index is 0.0729. The van der Waals surface area contributed by atoms with Crippen molar-refractivity contribution in [1.82, 2.24) is 0 Å². The average Bonchev–Trinajstić information content (AvgIpc) is 2.67. The number of hydrogen-bond acceptors (Lipinski definition) is 5. The summed E-state index contributed by atoms with van der Waals surface area (Å²) in [7, 11) is 4.52. The Labute approximate surface area is 153 Å². The van der Waals surface area contributed by atoms with E-state index in [-0.39, 0.29) is 5.91 Å². The highest BCUT2D eigenvalue weighted by Gasteiger charge is 2.08. The van der Waals surface area contributed by atoms with Crippen molar-refractivity contribution >= 4 is 17.6 Å². The molecule has 1 amide bonds. The Kier molecular flexibility index (Phi) is 7.02. The minimum Gasteiger partial charge on any atom is -0.493 e. The number of carbonyl (C=O) groups excluding carboxylic acids is 2. The van der Waals surface area contributed by atoms with Crippen molar-refractivity contribution in [2.45, 2.75) is 19.3 Å². The predicted octanol–water partition coefficient (Wildman–Crippen LogP) is 3.45. The fourth-order valence-electron chi connectivity index (χ4n) is 2.52. The van der Waals surface area contributed by atoms with Crippen LogP contribution in [0.3, 0.4) is 0 Å². The molecule has 0 saturated heterocycles. The summed E-state index contributed by atoms with van der Waals surface area (Å²) in [6.07, 6.45) is 1.86. The van der Waals surface area contributed by atoms with Gasteiger partial charge in [0.1, 0.15) is 0 Å². The van der Waals surface area contributed by atoms with Crippen molar-refractivity contribution in [1.29, 1.82) is 0 Å². The van der Waals surface area contributed by atoms with Crippen molar-refractivity contribution in [2.24, 2.45) is 0 Å². The van der Waals surface area contributed by atoms with Crippen LogP contribution in [-0.4, -0.2) is 33.2 Å². The second-order valence-electron chi connectivity index (χ2n) is 5.66. The topological polar surface area (TPSA) is 73.9 Å². The van der Waals surface area contributed by atoms with Crippen molar-refractivity contribution in [3.8, 4) is 11.5 Å². The quantitative estimate of drug-likeness (QED) is 0.733. The lowest BCUT2D eigenvalue weighted by molar-refractivity contribution is -0.116. The van der Waals surface area contributed by atoms with E-state index >= 15 is 0 Å². The van der Waals surface area contributed by atoms with E-state index < -0.39 is 5.97 Å². The van der Waals surface area contributed by atoms with E-state index in [0.29, 0.717) is 35.6 Å². The van der Waals surface area contributed by atoms with Crippen molar-refractivity contribution in [2.75, 3.05) is 26.6 Å². The normalized spacial score (nSPS) is 10.1. The lowest BCUT2D eigenvalue weighted by atomic mass is 10.1. The van der Waals surface area contributed by atoms with Gasteiger partial charge in [0, 0.05) is 12.1 Å². The number of carbonyl (C=O) groups is 2. The molecule has 0 atom stereocenters. The monoisotopic (exact) mass is 357 g/mol. The molecule has 6 nitrogen and oxygen atoms in total. The second-order valence-corrected chi connectivity index (χ2v) is 5.66. The molecule has 0 aliphatic rings. The summed E-state index contributed by atoms with van der Waals surface area (Å²) in [4.78, 5) is 23.4. The van der Waals surface area contributed by atoms with Gasteiger partial charge >= 0.3 is 5.97 Å². The van der Waals surface area contributed by atoms with Crippen LogP contribution in [0.25, 0.3) is 0 Å². The summed E-state index contributed by atoms with van der Waals surface area (Å²) in [5, 5.41) is 2.82. The number of esters is 1. The van der Waals surface area contributed by atoms with Gasteiger partial charge in [0.25, 0.3) is 0 Å². The zero-order valence-corrected chi connectivity index (χ0v) is 15.2. The summed E-state index contributed by atoms with van der Waals surface area (Å²) >= 11 is 0. The molecule has 0 aromatic heterocycles. The molecule has 0 spiro atoms. The Morgan fingerprint density at radius 1 is 0.923 bits per heavy atom. The molecule has 138 valence electrons. The first kappa shape index (κ1) is 19.3. The van der Waals surface area contributed by atoms with Crippen LogP contribution in [0.5, 0.6) is 11.5 Å². The molecule has 0 radical (unpaired) electrons. The Balaban J connectivity index is 1.82. The molecule has 0 saturated carbocycles. The number of amides is 1. The number of methoxy groups -OCH3 is 3. The Morgan fingerprint density at radius 3 is 2.23 bits per heavy atom. The van der Waals surface area contributed by atoms with Crippen LogP contribution in [0.1, 0.15) is 28.8 Å². The summed E-state index contributed by atoms with van der Waals surface area (Å²) in [6.45, 7) is 0. The minimum atomic E-state index is -0.405. The molecule has 2 aromatic rings. The molecule has 2 aromatic carbocycles. The lowest BCUT2D eigenvalue weighted by Crippen LogP contribution is -2.11. The molecule has 6 heteroatoms. The number of benzene rings is 2. The summed E-state index contributed by atoms with van der Waals surface area (Å²) in [6, 6.07) is 12.3. The number of ether oxygens (including phenoxy) is 3. The molecule has 0 bridgehead atoms. The molecule has 0 aliphatic carbocycles. The molecular weight excluding hydrogens is 334 g/mol. The third-order valence-electron chi connectivity index (χ3n) is 3.91. The van der Waals surface area contributed by atoms with Crippen molar-refractivity contribution in [3.63, 3.8) is 0 Å². The highest BCUT2D eigenvalue weighted by molar-refractivity contribution is 5.93. The molecule has 0 aliphatic heterocycles. The molecule has 26 heavy (non-hydrogen) atoms. The first-order valence-electron chi connectivity index (χ1n) is 8.26. The van der Waals surface area contributed by atoms with Crippen LogP contribution in [0.2, 0.25) is 0 Å². The van der Waals surface area contributed by atoms with Gasteiger partial charge in [-0.15, -0.1) is 0 Å². The first-order chi connectivity index (χ1) is 12.6. The van der Waals surface area contributed by atoms with E-state index in [4.69, 9.17) is 9.47 Å². The van der Waals surface area contributed by atoms with Crippen LogP contribution in [0, 0.1) is 0 Å². The molecular formula is C20H23NO5. The van der Waals surface area contributed by atoms with Gasteiger partial charge in [-0.3, -0.25) is 4.79 Å². The largest absolute Gasteiger partial charge is 0.493 e. The Morgan fingerprint density at radius 2 is 1.62 bits per heavy atom. The summed E-state index contributed by atoms with van der Waals surface area (Å²) < 4.78 is 15.1. The number of rotatable bonds is 8. The van der Waals surface area contributed by atoms with Crippen LogP contribution >= 0.6 is 0 Å². The van der Waals surface area contributed by atoms with Crippen molar-refractivity contribution in [3.05, 3.63) is 53.6 Å². The van der Waals surface area contributed by atoms with E-state index in [2.05, 4.69) is 10.1 Å². The molecule has 0 heterocycles. The molecule has 0 fully saturated rings. The number of nitrogens with one attached hydrogen (secondary N) is 1. The van der Waals surface area contributed by atoms with Gasteiger partial charge in [0.15, 0.2) is 11.5 Å². The van der Waals surface area contributed by atoms with Crippen molar-refractivity contribution < 1.29 is 23.8 Å². The third kappa shape index (κ3) is 5.24. The van der Waals surface area contributed by atoms with Gasteiger partial charge in [-0.1, -0.05) is 6.07 Å². The summed E-state index contributed by atoms with van der Waals surface area (Å²) in [5.74, 6) is 0.888. The van der Waals surface area contributed by atoms with Crippen LogP contribution in [0.15, 0.2) is 42.5 Å². The van der Waals surface area contributed by atoms with Gasteiger partial charge in [0.2, 0.25) is 5.91 Å². The first-order valence-corrected chi connectivity index (χ1v) is 8.26. The fraction of sp³-hybridized carbons (Fsp3) is 0.300. The second kappa shape index (κ2) is 9.46. The molecule has 0 unspecified atom stereocenters. The predicted molar refractivity (Wildman–Crippen MR) is 98.9 cm³/mol. The van der Waals surface area contributed by atoms with Gasteiger partial charge in [-0.25, -0.2) is 4.79 Å². The zero-order chi connectivity index (χ0) is 18.9. The van der Waals surface area contributed by atoms with Crippen LogP contribution in [-0.2, 0) is 16.0 Å². The van der Waals surface area contributed by atoms with Gasteiger partial charge in [0.05, 0.1) is 26.9 Å². The van der Waals surface area contributed by atoms with E-state index in [0.717, 1.165) is 12.0 Å². The van der Waals surface area contributed by atoms with Crippen LogP contribution in [0.4, 0.5) is 5.69 Å². The average molecular weight is 357 g/mol. The lowest BCUT2D eigenvalue weighted by Gasteiger charge is -2.10. The van der Waals surface area contributed by atoms with E-state index in [1.807, 2.05) is 18.2 Å². The zero-order valence-electron chi connectivity index (χ0n) is 15.2. The smallest absolute Gasteiger partial charge is 0.337 e. The number of anilines is 1. The SMILES string of the molecule is COC(=O)c1ccc(NC(=O)CCCc2ccc(OC)c(OC)c2)cc1. The third-order valence-corrected chi connectivity index (χ3v) is 3.91.